The molecule has 0 bridgehead atoms. The second kappa shape index (κ2) is 3.15. The van der Waals surface area contributed by atoms with E-state index in [0.717, 1.165) is 5.75 Å². The van der Waals surface area contributed by atoms with E-state index in [4.69, 9.17) is 0 Å². The van der Waals surface area contributed by atoms with Gasteiger partial charge in [0.1, 0.15) is 0 Å². The highest BCUT2D eigenvalue weighted by molar-refractivity contribution is 7.79. The van der Waals surface area contributed by atoms with Crippen LogP contribution in [0.2, 0.25) is 0 Å². The molecular weight excluding hydrogens is 166 g/mol. The van der Waals surface area contributed by atoms with Crippen molar-refractivity contribution in [1.82, 2.24) is 4.98 Å². The average Bonchev–Trinajstić information content (AvgIpc) is 2.17. The number of aromatic nitrogens is 1. The molecule has 2 aromatic rings. The quantitative estimate of drug-likeness (QED) is 0.657. The van der Waals surface area contributed by atoms with Gasteiger partial charge in [-0.25, -0.2) is 0 Å². The fourth-order valence-corrected chi connectivity index (χ4v) is 1.56. The summed E-state index contributed by atoms with van der Waals surface area (Å²) in [4.78, 5) is 4.13. The molecule has 0 amide bonds. The Morgan fingerprint density at radius 1 is 1.17 bits per heavy atom. The minimum atomic E-state index is 0.744. The molecule has 1 aromatic heterocycles. The van der Waals surface area contributed by atoms with Gasteiger partial charge in [-0.1, -0.05) is 24.3 Å². The van der Waals surface area contributed by atoms with E-state index in [2.05, 4.69) is 29.7 Å². The van der Waals surface area contributed by atoms with Gasteiger partial charge in [0, 0.05) is 23.5 Å². The van der Waals surface area contributed by atoms with Gasteiger partial charge in [0.2, 0.25) is 0 Å². The van der Waals surface area contributed by atoms with Gasteiger partial charge in [-0.15, -0.1) is 0 Å². The van der Waals surface area contributed by atoms with Gasteiger partial charge in [0.25, 0.3) is 0 Å². The second-order valence-corrected chi connectivity index (χ2v) is 2.99. The first-order valence-corrected chi connectivity index (χ1v) is 4.47. The number of hydrogen-bond acceptors (Lipinski definition) is 2. The van der Waals surface area contributed by atoms with Crippen LogP contribution in [0.15, 0.2) is 36.7 Å². The van der Waals surface area contributed by atoms with Crippen molar-refractivity contribution in [3.8, 4) is 0 Å². The largest absolute Gasteiger partial charge is 0.264 e. The van der Waals surface area contributed by atoms with Crippen molar-refractivity contribution in [1.29, 1.82) is 0 Å². The molecule has 1 aromatic carbocycles. The Labute approximate surface area is 76.9 Å². The highest BCUT2D eigenvalue weighted by atomic mass is 32.1. The lowest BCUT2D eigenvalue weighted by Crippen LogP contribution is -1.83. The Kier molecular flexibility index (Phi) is 2.00. The zero-order valence-electron chi connectivity index (χ0n) is 6.57. The Balaban J connectivity index is 2.79. The molecule has 12 heavy (non-hydrogen) atoms. The molecule has 0 aliphatic carbocycles. The van der Waals surface area contributed by atoms with E-state index in [1.807, 2.05) is 24.5 Å². The number of hydrogen-bond donors (Lipinski definition) is 1. The highest BCUT2D eigenvalue weighted by Gasteiger charge is 1.96. The van der Waals surface area contributed by atoms with E-state index in [1.54, 1.807) is 0 Å². The van der Waals surface area contributed by atoms with Crippen LogP contribution >= 0.6 is 12.6 Å². The number of fused-ring (bicyclic) bond motifs is 1. The fourth-order valence-electron chi connectivity index (χ4n) is 1.31. The molecule has 1 nitrogen and oxygen atoms in total. The molecule has 0 aliphatic rings. The SMILES string of the molecule is SCc1cncc2ccccc12. The van der Waals surface area contributed by atoms with Gasteiger partial charge in [-0.05, 0) is 10.9 Å². The van der Waals surface area contributed by atoms with E-state index in [9.17, 15) is 0 Å². The van der Waals surface area contributed by atoms with Crippen molar-refractivity contribution < 1.29 is 0 Å². The van der Waals surface area contributed by atoms with Crippen molar-refractivity contribution >= 4 is 23.4 Å². The summed E-state index contributed by atoms with van der Waals surface area (Å²) in [7, 11) is 0. The van der Waals surface area contributed by atoms with Gasteiger partial charge in [-0.2, -0.15) is 12.6 Å². The third-order valence-electron chi connectivity index (χ3n) is 1.92. The standard InChI is InChI=1S/C10H9NS/c12-7-9-6-11-5-8-3-1-2-4-10(8)9/h1-6,12H,7H2. The Morgan fingerprint density at radius 2 is 2.00 bits per heavy atom. The van der Waals surface area contributed by atoms with Crippen molar-refractivity contribution in [2.45, 2.75) is 5.75 Å². The van der Waals surface area contributed by atoms with Crippen LogP contribution in [0.1, 0.15) is 5.56 Å². The van der Waals surface area contributed by atoms with Gasteiger partial charge >= 0.3 is 0 Å². The van der Waals surface area contributed by atoms with Crippen LogP contribution in [0.3, 0.4) is 0 Å². The lowest BCUT2D eigenvalue weighted by atomic mass is 10.1. The Hall–Kier alpha value is -1.02. The van der Waals surface area contributed by atoms with Crippen molar-refractivity contribution in [3.05, 3.63) is 42.2 Å². The van der Waals surface area contributed by atoms with E-state index in [-0.39, 0.29) is 0 Å². The fraction of sp³-hybridized carbons (Fsp3) is 0.100. The molecule has 0 saturated heterocycles. The Morgan fingerprint density at radius 3 is 2.83 bits per heavy atom. The molecule has 1 heterocycles. The molecule has 0 atom stereocenters. The van der Waals surface area contributed by atoms with Crippen LogP contribution in [0.5, 0.6) is 0 Å². The summed E-state index contributed by atoms with van der Waals surface area (Å²) in [6.45, 7) is 0. The first-order chi connectivity index (χ1) is 5.92. The molecule has 2 heteroatoms. The molecular formula is C10H9NS. The molecule has 0 aliphatic heterocycles. The maximum absolute atomic E-state index is 4.25. The first-order valence-electron chi connectivity index (χ1n) is 3.84. The molecule has 2 rings (SSSR count). The van der Waals surface area contributed by atoms with Gasteiger partial charge in [-0.3, -0.25) is 4.98 Å². The lowest BCUT2D eigenvalue weighted by molar-refractivity contribution is 1.29. The topological polar surface area (TPSA) is 12.9 Å². The van der Waals surface area contributed by atoms with Crippen LogP contribution in [0.25, 0.3) is 10.8 Å². The van der Waals surface area contributed by atoms with Crippen molar-refractivity contribution in [2.75, 3.05) is 0 Å². The number of nitrogens with zero attached hydrogens (tertiary/aromatic N) is 1. The minimum Gasteiger partial charge on any atom is -0.264 e. The molecule has 0 fully saturated rings. The van der Waals surface area contributed by atoms with Crippen molar-refractivity contribution in [2.24, 2.45) is 0 Å². The molecule has 0 radical (unpaired) electrons. The first kappa shape index (κ1) is 7.62. The van der Waals surface area contributed by atoms with Crippen LogP contribution < -0.4 is 0 Å². The summed E-state index contributed by atoms with van der Waals surface area (Å²) in [6.07, 6.45) is 3.75. The minimum absolute atomic E-state index is 0.744. The molecule has 0 unspecified atom stereocenters. The zero-order valence-corrected chi connectivity index (χ0v) is 7.46. The number of pyridine rings is 1. The molecule has 60 valence electrons. The van der Waals surface area contributed by atoms with Crippen LogP contribution in [0.4, 0.5) is 0 Å². The number of rotatable bonds is 1. The zero-order chi connectivity index (χ0) is 8.39. The lowest BCUT2D eigenvalue weighted by Gasteiger charge is -2.00. The number of benzene rings is 1. The van der Waals surface area contributed by atoms with Crippen LogP contribution in [0, 0.1) is 0 Å². The Bertz CT molecular complexity index is 392. The molecule has 0 saturated carbocycles. The van der Waals surface area contributed by atoms with Gasteiger partial charge in [0.05, 0.1) is 0 Å². The summed E-state index contributed by atoms with van der Waals surface area (Å²) in [6, 6.07) is 8.22. The predicted molar refractivity (Wildman–Crippen MR) is 54.4 cm³/mol. The second-order valence-electron chi connectivity index (χ2n) is 2.68. The summed E-state index contributed by atoms with van der Waals surface area (Å²) >= 11 is 4.25. The van der Waals surface area contributed by atoms with Gasteiger partial charge in [0.15, 0.2) is 0 Å². The van der Waals surface area contributed by atoms with Crippen LogP contribution in [-0.4, -0.2) is 4.98 Å². The normalized spacial score (nSPS) is 10.4. The smallest absolute Gasteiger partial charge is 0.0346 e. The monoisotopic (exact) mass is 175 g/mol. The number of thiol groups is 1. The van der Waals surface area contributed by atoms with Crippen LogP contribution in [-0.2, 0) is 5.75 Å². The maximum Gasteiger partial charge on any atom is 0.0346 e. The van der Waals surface area contributed by atoms with E-state index >= 15 is 0 Å². The molecule has 0 spiro atoms. The summed E-state index contributed by atoms with van der Waals surface area (Å²) in [5.41, 5.74) is 1.19. The van der Waals surface area contributed by atoms with Crippen molar-refractivity contribution in [3.63, 3.8) is 0 Å². The average molecular weight is 175 g/mol. The third-order valence-corrected chi connectivity index (χ3v) is 2.26. The predicted octanol–water partition coefficient (Wildman–Crippen LogP) is 2.66. The maximum atomic E-state index is 4.25. The molecule has 0 N–H and O–H groups in total. The summed E-state index contributed by atoms with van der Waals surface area (Å²) < 4.78 is 0. The van der Waals surface area contributed by atoms with E-state index in [1.165, 1.54) is 16.3 Å². The highest BCUT2D eigenvalue weighted by Crippen LogP contribution is 2.17. The van der Waals surface area contributed by atoms with Gasteiger partial charge < -0.3 is 0 Å². The van der Waals surface area contributed by atoms with E-state index in [0.29, 0.717) is 0 Å². The van der Waals surface area contributed by atoms with E-state index < -0.39 is 0 Å². The third kappa shape index (κ3) is 1.18. The summed E-state index contributed by atoms with van der Waals surface area (Å²) in [5.74, 6) is 0.744. The summed E-state index contributed by atoms with van der Waals surface area (Å²) in [5, 5.41) is 2.44.